The molecule has 0 amide bonds. The SMILES string of the molecule is CSCC[C@H](N=S)C(=O)OCCN.Cl.Cl. The van der Waals surface area contributed by atoms with Crippen LogP contribution < -0.4 is 5.73 Å². The predicted octanol–water partition coefficient (Wildman–Crippen LogP) is 1.18. The van der Waals surface area contributed by atoms with Crippen LogP contribution in [0, 0.1) is 0 Å². The van der Waals surface area contributed by atoms with E-state index in [2.05, 4.69) is 16.8 Å². The van der Waals surface area contributed by atoms with Gasteiger partial charge in [-0.05, 0) is 18.4 Å². The van der Waals surface area contributed by atoms with E-state index in [1.165, 1.54) is 0 Å². The Balaban J connectivity index is -0.000000720. The smallest absolute Gasteiger partial charge is 0.332 e. The van der Waals surface area contributed by atoms with Crippen molar-refractivity contribution in [3.8, 4) is 0 Å². The number of ether oxygens (including phenoxy) is 1. The molecule has 1 atom stereocenters. The largest absolute Gasteiger partial charge is 0.463 e. The number of halogens is 2. The van der Waals surface area contributed by atoms with Gasteiger partial charge in [-0.15, -0.1) is 24.8 Å². The Kier molecular flexibility index (Phi) is 19.9. The van der Waals surface area contributed by atoms with Gasteiger partial charge in [0.1, 0.15) is 6.61 Å². The summed E-state index contributed by atoms with van der Waals surface area (Å²) in [5, 5.41) is 0. The van der Waals surface area contributed by atoms with E-state index in [1.807, 2.05) is 6.26 Å². The van der Waals surface area contributed by atoms with Crippen molar-refractivity contribution in [3.05, 3.63) is 0 Å². The molecular formula is C7H16Cl2N2O2S2. The number of esters is 1. The highest BCUT2D eigenvalue weighted by Gasteiger charge is 2.17. The van der Waals surface area contributed by atoms with E-state index < -0.39 is 6.04 Å². The summed E-state index contributed by atoms with van der Waals surface area (Å²) in [6, 6.07) is -0.506. The Bertz CT molecular complexity index is 175. The van der Waals surface area contributed by atoms with Gasteiger partial charge in [0.2, 0.25) is 0 Å². The van der Waals surface area contributed by atoms with Gasteiger partial charge in [-0.1, -0.05) is 0 Å². The lowest BCUT2D eigenvalue weighted by molar-refractivity contribution is -0.144. The minimum Gasteiger partial charge on any atom is -0.463 e. The molecule has 0 fully saturated rings. The highest BCUT2D eigenvalue weighted by atomic mass is 35.5. The third kappa shape index (κ3) is 10.7. The number of nitrogens with two attached hydrogens (primary N) is 1. The second-order valence-electron chi connectivity index (χ2n) is 2.36. The molecule has 2 N–H and O–H groups in total. The summed E-state index contributed by atoms with van der Waals surface area (Å²) >= 11 is 6.14. The molecule has 15 heavy (non-hydrogen) atoms. The van der Waals surface area contributed by atoms with Gasteiger partial charge >= 0.3 is 5.97 Å². The van der Waals surface area contributed by atoms with Gasteiger partial charge in [-0.3, -0.25) is 0 Å². The van der Waals surface area contributed by atoms with E-state index in [-0.39, 0.29) is 37.4 Å². The third-order valence-electron chi connectivity index (χ3n) is 1.36. The first-order valence-corrected chi connectivity index (χ1v) is 5.70. The first-order valence-electron chi connectivity index (χ1n) is 3.94. The fourth-order valence-electron chi connectivity index (χ4n) is 0.699. The van der Waals surface area contributed by atoms with Crippen molar-refractivity contribution >= 4 is 55.0 Å². The summed E-state index contributed by atoms with van der Waals surface area (Å²) in [6.45, 7) is 0.567. The maximum absolute atomic E-state index is 11.2. The maximum Gasteiger partial charge on any atom is 0.332 e. The van der Waals surface area contributed by atoms with Crippen LogP contribution in [0.2, 0.25) is 0 Å². The lowest BCUT2D eigenvalue weighted by atomic mass is 10.2. The van der Waals surface area contributed by atoms with Crippen molar-refractivity contribution in [3.63, 3.8) is 0 Å². The molecule has 0 aromatic rings. The van der Waals surface area contributed by atoms with Crippen LogP contribution in [0.25, 0.3) is 0 Å². The van der Waals surface area contributed by atoms with Gasteiger partial charge < -0.3 is 10.5 Å². The predicted molar refractivity (Wildman–Crippen MR) is 71.1 cm³/mol. The van der Waals surface area contributed by atoms with Gasteiger partial charge in [0, 0.05) is 19.0 Å². The number of carbonyl (C=O) groups is 1. The second kappa shape index (κ2) is 14.4. The van der Waals surface area contributed by atoms with Crippen LogP contribution in [-0.4, -0.2) is 37.2 Å². The van der Waals surface area contributed by atoms with E-state index in [0.717, 1.165) is 5.75 Å². The fraction of sp³-hybridized carbons (Fsp3) is 0.857. The van der Waals surface area contributed by atoms with E-state index in [4.69, 9.17) is 10.5 Å². The zero-order chi connectivity index (χ0) is 10.1. The number of thioether (sulfide) groups is 1. The summed E-state index contributed by atoms with van der Waals surface area (Å²) in [5.74, 6) is 0.484. The van der Waals surface area contributed by atoms with Crippen molar-refractivity contribution in [2.24, 2.45) is 10.1 Å². The zero-order valence-corrected chi connectivity index (χ0v) is 11.6. The van der Waals surface area contributed by atoms with Crippen LogP contribution in [0.3, 0.4) is 0 Å². The summed E-state index contributed by atoms with van der Waals surface area (Å²) in [4.78, 5) is 11.2. The molecule has 0 spiro atoms. The Hall–Kier alpha value is 0.380. The highest BCUT2D eigenvalue weighted by molar-refractivity contribution is 7.98. The molecule has 0 heterocycles. The van der Waals surface area contributed by atoms with E-state index in [9.17, 15) is 4.79 Å². The maximum atomic E-state index is 11.2. The summed E-state index contributed by atoms with van der Waals surface area (Å²) in [6.07, 6.45) is 2.60. The minimum atomic E-state index is -0.506. The van der Waals surface area contributed by atoms with Crippen LogP contribution in [0.1, 0.15) is 6.42 Å². The summed E-state index contributed by atoms with van der Waals surface area (Å²) < 4.78 is 8.34. The highest BCUT2D eigenvalue weighted by Crippen LogP contribution is 2.05. The quantitative estimate of drug-likeness (QED) is 0.715. The molecule has 0 bridgehead atoms. The molecule has 0 saturated heterocycles. The first kappa shape index (κ1) is 20.8. The zero-order valence-electron chi connectivity index (χ0n) is 8.38. The average molecular weight is 295 g/mol. The van der Waals surface area contributed by atoms with Crippen LogP contribution in [0.15, 0.2) is 4.36 Å². The monoisotopic (exact) mass is 294 g/mol. The molecule has 0 saturated carbocycles. The first-order chi connectivity index (χ1) is 6.26. The minimum absolute atomic E-state index is 0. The number of hydrogen-bond donors (Lipinski definition) is 1. The van der Waals surface area contributed by atoms with Gasteiger partial charge in [-0.25, -0.2) is 9.16 Å². The topological polar surface area (TPSA) is 64.7 Å². The second-order valence-corrected chi connectivity index (χ2v) is 3.56. The average Bonchev–Trinajstić information content (AvgIpc) is 2.16. The van der Waals surface area contributed by atoms with Gasteiger partial charge in [-0.2, -0.15) is 11.8 Å². The van der Waals surface area contributed by atoms with E-state index in [0.29, 0.717) is 13.0 Å². The molecule has 0 aliphatic heterocycles. The van der Waals surface area contributed by atoms with E-state index >= 15 is 0 Å². The molecule has 8 heteroatoms. The van der Waals surface area contributed by atoms with Crippen molar-refractivity contribution in [1.82, 2.24) is 0 Å². The van der Waals surface area contributed by atoms with Crippen LogP contribution in [0.5, 0.6) is 0 Å². The Labute approximate surface area is 112 Å². The van der Waals surface area contributed by atoms with Crippen LogP contribution in [-0.2, 0) is 22.0 Å². The lowest BCUT2D eigenvalue weighted by Gasteiger charge is -2.08. The van der Waals surface area contributed by atoms with Crippen molar-refractivity contribution in [2.45, 2.75) is 12.5 Å². The molecule has 0 aliphatic carbocycles. The van der Waals surface area contributed by atoms with Gasteiger partial charge in [0.05, 0.1) is 0 Å². The Morgan fingerprint density at radius 1 is 1.60 bits per heavy atom. The van der Waals surface area contributed by atoms with Crippen molar-refractivity contribution in [1.29, 1.82) is 0 Å². The summed E-state index contributed by atoms with van der Waals surface area (Å²) in [5.41, 5.74) is 5.18. The lowest BCUT2D eigenvalue weighted by Crippen LogP contribution is -2.24. The van der Waals surface area contributed by atoms with E-state index in [1.54, 1.807) is 11.8 Å². The number of carbonyl (C=O) groups excluding carboxylic acids is 1. The number of nitrogens with zero attached hydrogens (tertiary/aromatic N) is 1. The molecular weight excluding hydrogens is 279 g/mol. The third-order valence-corrected chi connectivity index (χ3v) is 2.26. The summed E-state index contributed by atoms with van der Waals surface area (Å²) in [7, 11) is 0. The Morgan fingerprint density at radius 2 is 2.20 bits per heavy atom. The molecule has 4 nitrogen and oxygen atoms in total. The molecule has 0 aromatic heterocycles. The number of hydrogen-bond acceptors (Lipinski definition) is 6. The number of rotatable bonds is 7. The van der Waals surface area contributed by atoms with Crippen LogP contribution in [0.4, 0.5) is 0 Å². The van der Waals surface area contributed by atoms with Crippen molar-refractivity contribution < 1.29 is 9.53 Å². The molecule has 92 valence electrons. The molecule has 0 rings (SSSR count). The Morgan fingerprint density at radius 3 is 2.60 bits per heavy atom. The van der Waals surface area contributed by atoms with Crippen molar-refractivity contribution in [2.75, 3.05) is 25.2 Å². The molecule has 0 radical (unpaired) electrons. The van der Waals surface area contributed by atoms with Crippen LogP contribution >= 0.6 is 36.6 Å². The molecule has 0 unspecified atom stereocenters. The van der Waals surface area contributed by atoms with Gasteiger partial charge in [0.15, 0.2) is 6.04 Å². The molecule has 0 aliphatic rings. The standard InChI is InChI=1S/C7H14N2O2S2.2ClH/c1-13-5-2-6(9-12)7(10)11-4-3-8;;/h6H,2-5,8H2,1H3;2*1H/t6-;;/m0../s1. The fourth-order valence-corrected chi connectivity index (χ4v) is 1.35. The normalized spacial score (nSPS) is 10.5. The van der Waals surface area contributed by atoms with Gasteiger partial charge in [0.25, 0.3) is 0 Å². The molecule has 0 aromatic carbocycles.